The Morgan fingerprint density at radius 2 is 1.83 bits per heavy atom. The summed E-state index contributed by atoms with van der Waals surface area (Å²) in [7, 11) is 0. The summed E-state index contributed by atoms with van der Waals surface area (Å²) in [6.07, 6.45) is 2.49. The number of tetrazole rings is 1. The molecule has 0 radical (unpaired) electrons. The summed E-state index contributed by atoms with van der Waals surface area (Å²) >= 11 is 4.99. The van der Waals surface area contributed by atoms with Gasteiger partial charge in [-0.05, 0) is 40.1 Å². The van der Waals surface area contributed by atoms with Crippen molar-refractivity contribution in [3.63, 3.8) is 0 Å². The summed E-state index contributed by atoms with van der Waals surface area (Å²) in [6, 6.07) is 16.5. The molecule has 1 atom stereocenters. The van der Waals surface area contributed by atoms with Crippen molar-refractivity contribution >= 4 is 17.6 Å². The van der Waals surface area contributed by atoms with Gasteiger partial charge in [0.15, 0.2) is 5.82 Å². The van der Waals surface area contributed by atoms with Crippen molar-refractivity contribution in [2.75, 3.05) is 0 Å². The Labute approximate surface area is 174 Å². The van der Waals surface area contributed by atoms with Gasteiger partial charge >= 0.3 is 0 Å². The molecule has 0 fully saturated rings. The Morgan fingerprint density at radius 3 is 2.52 bits per heavy atom. The predicted octanol–water partition coefficient (Wildman–Crippen LogP) is 4.13. The SMILES string of the molecule is CCC(CC=S)c1n[nH]c(Cc2ccc(-c3ccccc3-c3nn[nH]n3)cc2)n1. The molecule has 0 saturated carbocycles. The van der Waals surface area contributed by atoms with Gasteiger partial charge in [-0.25, -0.2) is 4.98 Å². The van der Waals surface area contributed by atoms with Gasteiger partial charge in [0.25, 0.3) is 0 Å². The van der Waals surface area contributed by atoms with Crippen LogP contribution in [0.1, 0.15) is 42.9 Å². The van der Waals surface area contributed by atoms with Gasteiger partial charge in [0.05, 0.1) is 0 Å². The van der Waals surface area contributed by atoms with Crippen LogP contribution in [0.3, 0.4) is 0 Å². The van der Waals surface area contributed by atoms with Crippen LogP contribution in [0.15, 0.2) is 48.5 Å². The predicted molar refractivity (Wildman–Crippen MR) is 116 cm³/mol. The van der Waals surface area contributed by atoms with E-state index in [9.17, 15) is 0 Å². The minimum atomic E-state index is 0.279. The maximum Gasteiger partial charge on any atom is 0.205 e. The van der Waals surface area contributed by atoms with Crippen LogP contribution in [0, 0.1) is 0 Å². The maximum absolute atomic E-state index is 4.99. The first kappa shape index (κ1) is 19.1. The van der Waals surface area contributed by atoms with E-state index in [0.29, 0.717) is 12.2 Å². The molecule has 0 bridgehead atoms. The summed E-state index contributed by atoms with van der Waals surface area (Å²) in [6.45, 7) is 2.13. The molecule has 1 unspecified atom stereocenters. The quantitative estimate of drug-likeness (QED) is 0.430. The zero-order chi connectivity index (χ0) is 20.1. The summed E-state index contributed by atoms with van der Waals surface area (Å²) in [5.41, 5.74) is 4.27. The first-order valence-electron chi connectivity index (χ1n) is 9.55. The first-order valence-corrected chi connectivity index (χ1v) is 10.0. The number of nitrogens with one attached hydrogen (secondary N) is 2. The second kappa shape index (κ2) is 8.83. The standard InChI is InChI=1S/C21H21N7S/c1-2-15(11-12-29)20-22-19(23-24-20)13-14-7-9-16(10-8-14)17-5-3-4-6-18(17)21-25-27-28-26-21/h3-10,12,15H,2,11,13H2,1H3,(H,22,23,24)(H,25,26,27,28). The van der Waals surface area contributed by atoms with Crippen molar-refractivity contribution in [2.45, 2.75) is 32.1 Å². The lowest BCUT2D eigenvalue weighted by Crippen LogP contribution is -2.00. The van der Waals surface area contributed by atoms with E-state index >= 15 is 0 Å². The number of rotatable bonds is 8. The second-order valence-corrected chi connectivity index (χ2v) is 7.14. The fourth-order valence-electron chi connectivity index (χ4n) is 3.34. The van der Waals surface area contributed by atoms with Crippen LogP contribution in [-0.2, 0) is 6.42 Å². The van der Waals surface area contributed by atoms with Crippen LogP contribution < -0.4 is 0 Å². The van der Waals surface area contributed by atoms with Crippen LogP contribution in [-0.4, -0.2) is 41.2 Å². The van der Waals surface area contributed by atoms with Gasteiger partial charge in [0.2, 0.25) is 5.82 Å². The fourth-order valence-corrected chi connectivity index (χ4v) is 3.58. The minimum Gasteiger partial charge on any atom is -0.263 e. The van der Waals surface area contributed by atoms with E-state index in [1.54, 1.807) is 5.37 Å². The zero-order valence-electron chi connectivity index (χ0n) is 16.0. The highest BCUT2D eigenvalue weighted by atomic mass is 32.1. The average Bonchev–Trinajstić information content (AvgIpc) is 3.45. The summed E-state index contributed by atoms with van der Waals surface area (Å²) in [5, 5.41) is 23.6. The average molecular weight is 404 g/mol. The number of hydrogen-bond donors (Lipinski definition) is 2. The molecule has 0 saturated heterocycles. The molecule has 0 aliphatic carbocycles. The van der Waals surface area contributed by atoms with Crippen molar-refractivity contribution in [1.29, 1.82) is 0 Å². The maximum atomic E-state index is 4.99. The lowest BCUT2D eigenvalue weighted by Gasteiger charge is -2.08. The normalized spacial score (nSPS) is 12.0. The molecule has 4 aromatic rings. The van der Waals surface area contributed by atoms with Crippen molar-refractivity contribution in [3.8, 4) is 22.5 Å². The molecule has 0 aliphatic heterocycles. The van der Waals surface area contributed by atoms with E-state index in [1.807, 2.05) is 18.2 Å². The Bertz CT molecular complexity index is 1070. The fraction of sp³-hybridized carbons (Fsp3) is 0.238. The molecule has 7 nitrogen and oxygen atoms in total. The third-order valence-corrected chi connectivity index (χ3v) is 5.13. The Hall–Kier alpha value is -3.26. The molecular formula is C21H21N7S. The van der Waals surface area contributed by atoms with Gasteiger partial charge in [0, 0.05) is 17.9 Å². The molecular weight excluding hydrogens is 382 g/mol. The van der Waals surface area contributed by atoms with E-state index in [0.717, 1.165) is 46.7 Å². The molecule has 0 spiro atoms. The van der Waals surface area contributed by atoms with Crippen molar-refractivity contribution in [2.24, 2.45) is 0 Å². The van der Waals surface area contributed by atoms with E-state index in [-0.39, 0.29) is 5.92 Å². The molecule has 0 amide bonds. The van der Waals surface area contributed by atoms with Crippen molar-refractivity contribution in [3.05, 3.63) is 65.7 Å². The van der Waals surface area contributed by atoms with Gasteiger partial charge in [-0.1, -0.05) is 67.7 Å². The number of hydrogen-bond acceptors (Lipinski definition) is 6. The van der Waals surface area contributed by atoms with Gasteiger partial charge in [-0.15, -0.1) is 10.2 Å². The number of aromatic amines is 2. The van der Waals surface area contributed by atoms with Crippen LogP contribution in [0.4, 0.5) is 0 Å². The highest BCUT2D eigenvalue weighted by molar-refractivity contribution is 7.78. The van der Waals surface area contributed by atoms with Crippen LogP contribution in [0.25, 0.3) is 22.5 Å². The summed E-state index contributed by atoms with van der Waals surface area (Å²) < 4.78 is 0. The molecule has 146 valence electrons. The first-order chi connectivity index (χ1) is 14.3. The molecule has 2 aromatic heterocycles. The third kappa shape index (κ3) is 4.27. The number of H-pyrrole nitrogens is 2. The largest absolute Gasteiger partial charge is 0.263 e. The van der Waals surface area contributed by atoms with E-state index in [1.165, 1.54) is 0 Å². The van der Waals surface area contributed by atoms with Gasteiger partial charge < -0.3 is 0 Å². The summed E-state index contributed by atoms with van der Waals surface area (Å²) in [5.74, 6) is 2.57. The number of benzene rings is 2. The van der Waals surface area contributed by atoms with Crippen LogP contribution in [0.2, 0.25) is 0 Å². The smallest absolute Gasteiger partial charge is 0.205 e. The van der Waals surface area contributed by atoms with E-state index in [4.69, 9.17) is 12.2 Å². The van der Waals surface area contributed by atoms with E-state index < -0.39 is 0 Å². The summed E-state index contributed by atoms with van der Waals surface area (Å²) in [4.78, 5) is 4.66. The molecule has 2 N–H and O–H groups in total. The van der Waals surface area contributed by atoms with Crippen LogP contribution >= 0.6 is 12.2 Å². The molecule has 2 aromatic carbocycles. The highest BCUT2D eigenvalue weighted by Crippen LogP contribution is 2.30. The van der Waals surface area contributed by atoms with Crippen LogP contribution in [0.5, 0.6) is 0 Å². The lowest BCUT2D eigenvalue weighted by atomic mass is 9.98. The van der Waals surface area contributed by atoms with Gasteiger partial charge in [-0.3, -0.25) is 5.10 Å². The molecule has 0 aliphatic rings. The van der Waals surface area contributed by atoms with Gasteiger partial charge in [0.1, 0.15) is 5.82 Å². The highest BCUT2D eigenvalue weighted by Gasteiger charge is 2.14. The second-order valence-electron chi connectivity index (χ2n) is 6.80. The van der Waals surface area contributed by atoms with Crippen molar-refractivity contribution < 1.29 is 0 Å². The van der Waals surface area contributed by atoms with Crippen molar-refractivity contribution in [1.82, 2.24) is 35.8 Å². The molecule has 2 heterocycles. The topological polar surface area (TPSA) is 96.0 Å². The Morgan fingerprint density at radius 1 is 1.03 bits per heavy atom. The number of thiocarbonyl (C=S) groups is 1. The third-order valence-electron chi connectivity index (χ3n) is 4.94. The van der Waals surface area contributed by atoms with E-state index in [2.05, 4.69) is 73.1 Å². The monoisotopic (exact) mass is 403 g/mol. The van der Waals surface area contributed by atoms with Gasteiger partial charge in [-0.2, -0.15) is 10.3 Å². The Balaban J connectivity index is 1.53. The minimum absolute atomic E-state index is 0.279. The Kier molecular flexibility index (Phi) is 5.81. The number of aromatic nitrogens is 7. The molecule has 8 heteroatoms. The number of nitrogens with zero attached hydrogens (tertiary/aromatic N) is 5. The molecule has 4 rings (SSSR count). The zero-order valence-corrected chi connectivity index (χ0v) is 16.9. The lowest BCUT2D eigenvalue weighted by molar-refractivity contribution is 0.653. The molecule has 29 heavy (non-hydrogen) atoms.